The second kappa shape index (κ2) is 13.3. The van der Waals surface area contributed by atoms with Crippen LogP contribution in [0, 0.1) is 0 Å². The Morgan fingerprint density at radius 1 is 0.927 bits per heavy atom. The SMILES string of the molecule is COCCCN1C(=O)C(Nc2ccc(OC)cc2OC)=C(Sc2cccc(NS(=O)(=O)c3ccc(Cl)cc3)c2)C1=O. The summed E-state index contributed by atoms with van der Waals surface area (Å²) in [7, 11) is 0.671. The first-order valence-electron chi connectivity index (χ1n) is 12.3. The summed E-state index contributed by atoms with van der Waals surface area (Å²) in [6, 6.07) is 17.4. The van der Waals surface area contributed by atoms with Gasteiger partial charge in [0.05, 0.1) is 24.8 Å². The minimum absolute atomic E-state index is 0.0471. The van der Waals surface area contributed by atoms with Crippen molar-refractivity contribution in [3.8, 4) is 11.5 Å². The molecule has 3 aromatic carbocycles. The van der Waals surface area contributed by atoms with E-state index < -0.39 is 21.8 Å². The summed E-state index contributed by atoms with van der Waals surface area (Å²) in [5.41, 5.74) is 0.824. The highest BCUT2D eigenvalue weighted by Crippen LogP contribution is 2.39. The molecule has 0 radical (unpaired) electrons. The molecule has 2 amide bonds. The first kappa shape index (κ1) is 30.3. The Morgan fingerprint density at radius 2 is 1.68 bits per heavy atom. The molecule has 13 heteroatoms. The van der Waals surface area contributed by atoms with E-state index in [0.29, 0.717) is 40.1 Å². The monoisotopic (exact) mass is 617 g/mol. The Kier molecular flexibility index (Phi) is 9.81. The molecule has 1 aliphatic heterocycles. The molecule has 3 aromatic rings. The Hall–Kier alpha value is -3.71. The zero-order valence-corrected chi connectivity index (χ0v) is 24.9. The van der Waals surface area contributed by atoms with Gasteiger partial charge in [0.1, 0.15) is 22.1 Å². The van der Waals surface area contributed by atoms with E-state index in [0.717, 1.165) is 16.7 Å². The number of sulfonamides is 1. The van der Waals surface area contributed by atoms with Gasteiger partial charge in [-0.3, -0.25) is 19.2 Å². The van der Waals surface area contributed by atoms with Gasteiger partial charge in [-0.25, -0.2) is 8.42 Å². The highest BCUT2D eigenvalue weighted by atomic mass is 35.5. The quantitative estimate of drug-likeness (QED) is 0.202. The third kappa shape index (κ3) is 7.14. The summed E-state index contributed by atoms with van der Waals surface area (Å²) < 4.78 is 44.1. The van der Waals surface area contributed by atoms with Gasteiger partial charge in [-0.1, -0.05) is 29.4 Å². The van der Waals surface area contributed by atoms with E-state index in [-0.39, 0.29) is 27.7 Å². The number of nitrogens with one attached hydrogen (secondary N) is 2. The number of hydrogen-bond donors (Lipinski definition) is 2. The molecule has 4 rings (SSSR count). The minimum Gasteiger partial charge on any atom is -0.497 e. The van der Waals surface area contributed by atoms with Gasteiger partial charge in [0.25, 0.3) is 21.8 Å². The normalized spacial score (nSPS) is 13.5. The number of ether oxygens (including phenoxy) is 3. The van der Waals surface area contributed by atoms with Crippen LogP contribution in [0.4, 0.5) is 11.4 Å². The molecule has 0 saturated carbocycles. The Morgan fingerprint density at radius 3 is 2.37 bits per heavy atom. The number of imide groups is 1. The van der Waals surface area contributed by atoms with Gasteiger partial charge in [0.2, 0.25) is 0 Å². The van der Waals surface area contributed by atoms with Crippen LogP contribution >= 0.6 is 23.4 Å². The molecular formula is C28H28ClN3O7S2. The van der Waals surface area contributed by atoms with Crippen LogP contribution in [0.15, 0.2) is 87.1 Å². The van der Waals surface area contributed by atoms with Gasteiger partial charge in [-0.2, -0.15) is 0 Å². The predicted octanol–water partition coefficient (Wildman–Crippen LogP) is 4.98. The van der Waals surface area contributed by atoms with Crippen molar-refractivity contribution in [1.82, 2.24) is 4.90 Å². The molecular weight excluding hydrogens is 590 g/mol. The molecule has 41 heavy (non-hydrogen) atoms. The minimum atomic E-state index is -3.89. The van der Waals surface area contributed by atoms with Crippen LogP contribution in [0.25, 0.3) is 0 Å². The molecule has 1 heterocycles. The maximum Gasteiger partial charge on any atom is 0.278 e. The number of halogens is 1. The second-order valence-electron chi connectivity index (χ2n) is 8.69. The highest BCUT2D eigenvalue weighted by Gasteiger charge is 2.39. The first-order chi connectivity index (χ1) is 19.7. The Balaban J connectivity index is 1.65. The van der Waals surface area contributed by atoms with Crippen molar-refractivity contribution in [2.45, 2.75) is 16.2 Å². The average molecular weight is 618 g/mol. The zero-order valence-electron chi connectivity index (χ0n) is 22.5. The summed E-state index contributed by atoms with van der Waals surface area (Å²) in [5.74, 6) is 0.00560. The van der Waals surface area contributed by atoms with Gasteiger partial charge >= 0.3 is 0 Å². The predicted molar refractivity (Wildman–Crippen MR) is 158 cm³/mol. The van der Waals surface area contributed by atoms with E-state index in [1.807, 2.05) is 0 Å². The number of amides is 2. The van der Waals surface area contributed by atoms with Crippen LogP contribution in [-0.2, 0) is 24.3 Å². The summed E-state index contributed by atoms with van der Waals surface area (Å²) in [6.45, 7) is 0.547. The lowest BCUT2D eigenvalue weighted by Gasteiger charge is -2.15. The fourth-order valence-corrected chi connectivity index (χ4v) is 6.12. The third-order valence-electron chi connectivity index (χ3n) is 5.95. The van der Waals surface area contributed by atoms with Gasteiger partial charge in [-0.15, -0.1) is 0 Å². The summed E-state index contributed by atoms with van der Waals surface area (Å²) in [5, 5.41) is 3.49. The van der Waals surface area contributed by atoms with Gasteiger partial charge in [-0.05, 0) is 61.0 Å². The first-order valence-corrected chi connectivity index (χ1v) is 15.0. The van der Waals surface area contributed by atoms with Crippen LogP contribution in [0.2, 0.25) is 5.02 Å². The molecule has 0 unspecified atom stereocenters. The standard InChI is InChI=1S/C28H28ClN3O7S2/c1-37-15-5-14-32-27(33)25(30-23-13-10-20(38-2)17-24(23)39-3)26(28(32)34)40-21-7-4-6-19(16-21)31-41(35,36)22-11-8-18(29)9-12-22/h4,6-13,16-17,30-31H,5,14-15H2,1-3H3. The Labute approximate surface area is 247 Å². The van der Waals surface area contributed by atoms with E-state index in [9.17, 15) is 18.0 Å². The molecule has 0 aromatic heterocycles. The lowest BCUT2D eigenvalue weighted by atomic mass is 10.2. The molecule has 0 spiro atoms. The number of nitrogens with zero attached hydrogens (tertiary/aromatic N) is 1. The van der Waals surface area contributed by atoms with Gasteiger partial charge in [0, 0.05) is 41.9 Å². The third-order valence-corrected chi connectivity index (χ3v) is 8.68. The number of rotatable bonds is 13. The van der Waals surface area contributed by atoms with Crippen molar-refractivity contribution in [1.29, 1.82) is 0 Å². The van der Waals surface area contributed by atoms with Crippen LogP contribution in [0.1, 0.15) is 6.42 Å². The van der Waals surface area contributed by atoms with Crippen LogP contribution < -0.4 is 19.5 Å². The van der Waals surface area contributed by atoms with E-state index >= 15 is 0 Å². The molecule has 0 fully saturated rings. The van der Waals surface area contributed by atoms with E-state index in [2.05, 4.69) is 10.0 Å². The summed E-state index contributed by atoms with van der Waals surface area (Å²) in [4.78, 5) is 28.8. The molecule has 0 bridgehead atoms. The molecule has 0 saturated heterocycles. The van der Waals surface area contributed by atoms with Crippen molar-refractivity contribution >= 4 is 56.6 Å². The molecule has 0 aliphatic carbocycles. The zero-order chi connectivity index (χ0) is 29.6. The van der Waals surface area contributed by atoms with Crippen LogP contribution in [0.5, 0.6) is 11.5 Å². The van der Waals surface area contributed by atoms with Gasteiger partial charge in [0.15, 0.2) is 0 Å². The number of benzene rings is 3. The number of thioether (sulfide) groups is 1. The smallest absolute Gasteiger partial charge is 0.278 e. The summed E-state index contributed by atoms with van der Waals surface area (Å²) in [6.07, 6.45) is 0.465. The van der Waals surface area contributed by atoms with Crippen molar-refractivity contribution in [2.75, 3.05) is 44.5 Å². The molecule has 2 N–H and O–H groups in total. The molecule has 0 atom stereocenters. The number of hydrogen-bond acceptors (Lipinski definition) is 9. The average Bonchev–Trinajstić information content (AvgIpc) is 3.17. The maximum absolute atomic E-state index is 13.5. The number of methoxy groups -OCH3 is 3. The lowest BCUT2D eigenvalue weighted by Crippen LogP contribution is -2.33. The van der Waals surface area contributed by atoms with Gasteiger partial charge < -0.3 is 19.5 Å². The topological polar surface area (TPSA) is 123 Å². The Bertz CT molecular complexity index is 1580. The maximum atomic E-state index is 13.5. The van der Waals surface area contributed by atoms with E-state index in [4.69, 9.17) is 25.8 Å². The lowest BCUT2D eigenvalue weighted by molar-refractivity contribution is -0.137. The largest absolute Gasteiger partial charge is 0.497 e. The molecule has 1 aliphatic rings. The van der Waals surface area contributed by atoms with Crippen LogP contribution in [-0.4, -0.2) is 59.6 Å². The van der Waals surface area contributed by atoms with Crippen molar-refractivity contribution in [2.24, 2.45) is 0 Å². The molecule has 10 nitrogen and oxygen atoms in total. The highest BCUT2D eigenvalue weighted by molar-refractivity contribution is 8.04. The number of carbonyl (C=O) groups is 2. The fourth-order valence-electron chi connectivity index (χ4n) is 3.93. The van der Waals surface area contributed by atoms with E-state index in [1.54, 1.807) is 49.6 Å². The fraction of sp³-hybridized carbons (Fsp3) is 0.214. The van der Waals surface area contributed by atoms with Crippen molar-refractivity contribution in [3.63, 3.8) is 0 Å². The van der Waals surface area contributed by atoms with Crippen molar-refractivity contribution in [3.05, 3.63) is 82.4 Å². The summed E-state index contributed by atoms with van der Waals surface area (Å²) >= 11 is 6.93. The number of carbonyl (C=O) groups excluding carboxylic acids is 2. The second-order valence-corrected chi connectivity index (χ2v) is 11.9. The van der Waals surface area contributed by atoms with Crippen LogP contribution in [0.3, 0.4) is 0 Å². The van der Waals surface area contributed by atoms with Crippen molar-refractivity contribution < 1.29 is 32.2 Å². The molecule has 216 valence electrons. The number of anilines is 2. The van der Waals surface area contributed by atoms with E-state index in [1.165, 1.54) is 38.5 Å².